The number of likely N-dealkylation sites (tertiary alicyclic amines) is 1. The summed E-state index contributed by atoms with van der Waals surface area (Å²) >= 11 is 1.82. The summed E-state index contributed by atoms with van der Waals surface area (Å²) in [6, 6.07) is 8.55. The fourth-order valence-electron chi connectivity index (χ4n) is 7.86. The number of carbonyl (C=O) groups is 2. The van der Waals surface area contributed by atoms with E-state index >= 15 is 0 Å². The van der Waals surface area contributed by atoms with Gasteiger partial charge in [0.25, 0.3) is 0 Å². The summed E-state index contributed by atoms with van der Waals surface area (Å²) in [6.45, 7) is 5.95. The van der Waals surface area contributed by atoms with Crippen LogP contribution in [0.25, 0.3) is 10.1 Å². The first kappa shape index (κ1) is 23.8. The molecule has 4 heterocycles. The number of imide groups is 1. The summed E-state index contributed by atoms with van der Waals surface area (Å²) in [4.78, 5) is 33.7. The second kappa shape index (κ2) is 9.80. The number of fused-ring (bicyclic) bond motifs is 6. The summed E-state index contributed by atoms with van der Waals surface area (Å²) < 4.78 is 8.56. The van der Waals surface area contributed by atoms with Crippen LogP contribution in [0.3, 0.4) is 0 Å². The molecule has 7 rings (SSSR count). The molecular formula is C28H36IN4O2S-. The van der Waals surface area contributed by atoms with Crippen molar-refractivity contribution in [1.82, 2.24) is 14.2 Å². The Labute approximate surface area is 228 Å². The predicted octanol–water partition coefficient (Wildman–Crippen LogP) is 0.565. The maximum atomic E-state index is 13.4. The van der Waals surface area contributed by atoms with Gasteiger partial charge in [-0.05, 0) is 23.7 Å². The third kappa shape index (κ3) is 4.10. The Balaban J connectivity index is 0.987. The van der Waals surface area contributed by atoms with Crippen molar-refractivity contribution in [3.05, 3.63) is 24.3 Å². The van der Waals surface area contributed by atoms with Gasteiger partial charge in [-0.1, -0.05) is 12.1 Å². The molecule has 2 saturated carbocycles. The topological polar surface area (TPSA) is 56.8 Å². The molecule has 8 heteroatoms. The molecule has 5 aliphatic rings. The van der Waals surface area contributed by atoms with Crippen molar-refractivity contribution < 1.29 is 30.8 Å². The van der Waals surface area contributed by atoms with E-state index in [-0.39, 0.29) is 44.9 Å². The Bertz CT molecular complexity index is 1120. The SMILES string of the molecule is O=C1[C@@H]2[C@H]3C[I-]C[C@H](C3)[C@@H]2C(=O)N1C[C@@H]1CCCCC1CN1CCN(c2nsc3ccccc23)CC1. The molecule has 3 saturated heterocycles. The van der Waals surface area contributed by atoms with E-state index in [4.69, 9.17) is 4.37 Å². The summed E-state index contributed by atoms with van der Waals surface area (Å²) in [7, 11) is 0. The van der Waals surface area contributed by atoms with E-state index in [2.05, 4.69) is 34.1 Å². The van der Waals surface area contributed by atoms with Gasteiger partial charge in [0, 0.05) is 5.39 Å². The minimum absolute atomic E-state index is 0.0432. The molecule has 1 aromatic carbocycles. The Morgan fingerprint density at radius 3 is 2.28 bits per heavy atom. The number of alkyl halides is 2. The van der Waals surface area contributed by atoms with Crippen molar-refractivity contribution in [3.63, 3.8) is 0 Å². The number of carbonyl (C=O) groups excluding carboxylic acids is 2. The molecule has 2 aromatic rings. The van der Waals surface area contributed by atoms with Crippen LogP contribution in [0.15, 0.2) is 24.3 Å². The van der Waals surface area contributed by atoms with Gasteiger partial charge in [0.2, 0.25) is 0 Å². The average Bonchev–Trinajstić information content (AvgIpc) is 3.53. The predicted molar refractivity (Wildman–Crippen MR) is 139 cm³/mol. The number of halogens is 1. The van der Waals surface area contributed by atoms with Crippen LogP contribution < -0.4 is 26.1 Å². The van der Waals surface area contributed by atoms with E-state index in [0.717, 1.165) is 45.0 Å². The summed E-state index contributed by atoms with van der Waals surface area (Å²) in [5.41, 5.74) is 0. The zero-order valence-electron chi connectivity index (χ0n) is 20.9. The van der Waals surface area contributed by atoms with Crippen LogP contribution in [-0.4, -0.2) is 74.1 Å². The second-order valence-electron chi connectivity index (χ2n) is 11.7. The van der Waals surface area contributed by atoms with Crippen LogP contribution in [0.5, 0.6) is 0 Å². The number of benzene rings is 1. The first-order valence-electron chi connectivity index (χ1n) is 13.9. The van der Waals surface area contributed by atoms with E-state index in [1.807, 2.05) is 0 Å². The number of rotatable bonds is 5. The molecule has 0 N–H and O–H groups in total. The Hall–Kier alpha value is -1.26. The van der Waals surface area contributed by atoms with Crippen LogP contribution in [0.4, 0.5) is 5.82 Å². The molecule has 1 aromatic heterocycles. The van der Waals surface area contributed by atoms with Crippen molar-refractivity contribution in [2.45, 2.75) is 32.1 Å². The van der Waals surface area contributed by atoms with Gasteiger partial charge in [-0.15, -0.1) is 0 Å². The van der Waals surface area contributed by atoms with Gasteiger partial charge >= 0.3 is 168 Å². The van der Waals surface area contributed by atoms with Gasteiger partial charge in [0.1, 0.15) is 5.82 Å². The Kier molecular flexibility index (Phi) is 6.49. The van der Waals surface area contributed by atoms with Crippen molar-refractivity contribution in [1.29, 1.82) is 0 Å². The van der Waals surface area contributed by atoms with Gasteiger partial charge in [0.15, 0.2) is 0 Å². The summed E-state index contributed by atoms with van der Waals surface area (Å²) in [5, 5.41) is 1.28. The molecule has 2 bridgehead atoms. The van der Waals surface area contributed by atoms with Gasteiger partial charge in [-0.3, -0.25) is 0 Å². The molecule has 194 valence electrons. The third-order valence-electron chi connectivity index (χ3n) is 9.73. The minimum atomic E-state index is 0.0432. The number of hydrogen-bond donors (Lipinski definition) is 0. The van der Waals surface area contributed by atoms with Gasteiger partial charge in [-0.25, -0.2) is 0 Å². The third-order valence-corrected chi connectivity index (χ3v) is 14.1. The Morgan fingerprint density at radius 2 is 1.56 bits per heavy atom. The molecule has 6 nitrogen and oxygen atoms in total. The van der Waals surface area contributed by atoms with Crippen molar-refractivity contribution in [3.8, 4) is 0 Å². The fraction of sp³-hybridized carbons (Fsp3) is 0.679. The number of hydrogen-bond acceptors (Lipinski definition) is 6. The quantitative estimate of drug-likeness (QED) is 0.279. The number of anilines is 1. The van der Waals surface area contributed by atoms with Crippen LogP contribution in [0.1, 0.15) is 32.1 Å². The number of amides is 2. The van der Waals surface area contributed by atoms with Gasteiger partial charge in [0.05, 0.1) is 4.70 Å². The maximum absolute atomic E-state index is 13.4. The van der Waals surface area contributed by atoms with Crippen LogP contribution in [0, 0.1) is 35.5 Å². The van der Waals surface area contributed by atoms with Crippen molar-refractivity contribution >= 4 is 39.3 Å². The van der Waals surface area contributed by atoms with E-state index in [1.54, 1.807) is 16.4 Å². The van der Waals surface area contributed by atoms with Crippen LogP contribution in [-0.2, 0) is 9.59 Å². The molecule has 6 atom stereocenters. The number of aromatic nitrogens is 1. The monoisotopic (exact) mass is 619 g/mol. The van der Waals surface area contributed by atoms with E-state index < -0.39 is 0 Å². The fourth-order valence-corrected chi connectivity index (χ4v) is 12.4. The summed E-state index contributed by atoms with van der Waals surface area (Å²) in [5.74, 6) is 3.76. The van der Waals surface area contributed by atoms with Crippen molar-refractivity contribution in [2.24, 2.45) is 35.5 Å². The van der Waals surface area contributed by atoms with E-state index in [9.17, 15) is 9.59 Å². The molecule has 2 aliphatic carbocycles. The number of nitrogens with zero attached hydrogens (tertiary/aromatic N) is 4. The molecule has 0 radical (unpaired) electrons. The zero-order chi connectivity index (χ0) is 24.2. The van der Waals surface area contributed by atoms with Crippen LogP contribution >= 0.6 is 11.5 Å². The van der Waals surface area contributed by atoms with E-state index in [1.165, 1.54) is 44.6 Å². The van der Waals surface area contributed by atoms with Crippen molar-refractivity contribution in [2.75, 3.05) is 53.0 Å². The second-order valence-corrected chi connectivity index (χ2v) is 15.3. The molecule has 2 amide bonds. The average molecular weight is 620 g/mol. The first-order chi connectivity index (χ1) is 17.7. The Morgan fingerprint density at radius 1 is 0.889 bits per heavy atom. The molecule has 3 aliphatic heterocycles. The molecule has 36 heavy (non-hydrogen) atoms. The normalized spacial score (nSPS) is 35.3. The molecule has 1 unspecified atom stereocenters. The zero-order valence-corrected chi connectivity index (χ0v) is 23.8. The molecule has 5 fully saturated rings. The summed E-state index contributed by atoms with van der Waals surface area (Å²) in [6.07, 6.45) is 6.08. The standard InChI is InChI=1S/C28H36IN4O2S/c34-27-24-20-13-21(15-29-14-20)25(24)28(35)33(27)17-19-6-2-1-5-18(19)16-31-9-11-32(12-10-31)26-22-7-3-4-8-23(22)36-30-26/h3-4,7-8,18-21,24-25H,1-2,5-6,9-17H2/q-1/t18?,19-,20-,21+,24-,25+/m0/s1. The number of piperazine rings is 1. The van der Waals surface area contributed by atoms with E-state index in [0.29, 0.717) is 30.2 Å². The van der Waals surface area contributed by atoms with Crippen LogP contribution in [0.2, 0.25) is 0 Å². The van der Waals surface area contributed by atoms with Gasteiger partial charge < -0.3 is 4.90 Å². The van der Waals surface area contributed by atoms with Gasteiger partial charge in [-0.2, -0.15) is 4.37 Å². The molecular weight excluding hydrogens is 583 g/mol. The molecule has 0 spiro atoms. The first-order valence-corrected chi connectivity index (χ1v) is 17.7.